The van der Waals surface area contributed by atoms with Crippen LogP contribution in [0, 0.1) is 5.92 Å². The molecule has 0 radical (unpaired) electrons. The van der Waals surface area contributed by atoms with Crippen molar-refractivity contribution >= 4 is 21.7 Å². The summed E-state index contributed by atoms with van der Waals surface area (Å²) >= 11 is 3.42. The Morgan fingerprint density at radius 3 is 2.32 bits per heavy atom. The minimum atomic E-state index is -0.573. The van der Waals surface area contributed by atoms with Gasteiger partial charge in [0.25, 0.3) is 0 Å². The van der Waals surface area contributed by atoms with Gasteiger partial charge in [-0.15, -0.1) is 0 Å². The predicted octanol–water partition coefficient (Wildman–Crippen LogP) is 4.50. The third-order valence-corrected chi connectivity index (χ3v) is 3.78. The Kier molecular flexibility index (Phi) is 4.48. The maximum Gasteiger partial charge on any atom is 0.132 e. The maximum atomic E-state index is 9.89. The SMILES string of the molecule is CC(C)C1=C(C(C)O)OC(c2ccc(Br)cc2)=CC1. The first kappa shape index (κ1) is 14.4. The Morgan fingerprint density at radius 2 is 1.79 bits per heavy atom. The molecule has 2 rings (SSSR count). The summed E-state index contributed by atoms with van der Waals surface area (Å²) in [5.74, 6) is 1.91. The highest BCUT2D eigenvalue weighted by Gasteiger charge is 2.22. The molecule has 3 heteroatoms. The molecule has 19 heavy (non-hydrogen) atoms. The van der Waals surface area contributed by atoms with Gasteiger partial charge >= 0.3 is 0 Å². The van der Waals surface area contributed by atoms with Crippen molar-refractivity contribution in [2.75, 3.05) is 0 Å². The average Bonchev–Trinajstić information content (AvgIpc) is 2.38. The first-order valence-corrected chi connectivity index (χ1v) is 7.33. The number of benzene rings is 1. The van der Waals surface area contributed by atoms with E-state index in [0.29, 0.717) is 11.7 Å². The van der Waals surface area contributed by atoms with Crippen LogP contribution in [0.1, 0.15) is 32.8 Å². The first-order valence-electron chi connectivity index (χ1n) is 6.54. The molecule has 0 amide bonds. The number of aliphatic hydroxyl groups excluding tert-OH is 1. The fraction of sp³-hybridized carbons (Fsp3) is 0.375. The molecule has 0 fully saturated rings. The molecule has 1 aromatic carbocycles. The Morgan fingerprint density at radius 1 is 1.16 bits per heavy atom. The molecule has 0 bridgehead atoms. The van der Waals surface area contributed by atoms with Crippen molar-refractivity contribution in [3.8, 4) is 0 Å². The summed E-state index contributed by atoms with van der Waals surface area (Å²) in [4.78, 5) is 0. The van der Waals surface area contributed by atoms with Gasteiger partial charge in [-0.1, -0.05) is 41.9 Å². The van der Waals surface area contributed by atoms with Crippen LogP contribution >= 0.6 is 15.9 Å². The number of rotatable bonds is 3. The first-order chi connectivity index (χ1) is 8.99. The lowest BCUT2D eigenvalue weighted by Gasteiger charge is -2.25. The summed E-state index contributed by atoms with van der Waals surface area (Å²) in [7, 11) is 0. The Labute approximate surface area is 122 Å². The molecule has 0 saturated heterocycles. The van der Waals surface area contributed by atoms with E-state index in [1.807, 2.05) is 24.3 Å². The summed E-state index contributed by atoms with van der Waals surface area (Å²) in [6.07, 6.45) is 2.35. The zero-order valence-corrected chi connectivity index (χ0v) is 13.1. The summed E-state index contributed by atoms with van der Waals surface area (Å²) in [6, 6.07) is 8.00. The fourth-order valence-electron chi connectivity index (χ4n) is 2.19. The quantitative estimate of drug-likeness (QED) is 0.887. The molecule has 2 nitrogen and oxygen atoms in total. The second kappa shape index (κ2) is 5.93. The van der Waals surface area contributed by atoms with E-state index in [0.717, 1.165) is 22.2 Å². The van der Waals surface area contributed by atoms with E-state index >= 15 is 0 Å². The smallest absolute Gasteiger partial charge is 0.132 e. The highest BCUT2D eigenvalue weighted by molar-refractivity contribution is 9.10. The number of hydrogen-bond acceptors (Lipinski definition) is 2. The standard InChI is InChI=1S/C16H19BrO2/c1-10(2)14-8-9-15(19-16(14)11(3)18)12-4-6-13(17)7-5-12/h4-7,9-11,18H,8H2,1-3H3. The summed E-state index contributed by atoms with van der Waals surface area (Å²) in [5.41, 5.74) is 2.21. The molecule has 0 spiro atoms. The van der Waals surface area contributed by atoms with E-state index in [9.17, 15) is 5.11 Å². The highest BCUT2D eigenvalue weighted by Crippen LogP contribution is 2.33. The van der Waals surface area contributed by atoms with Gasteiger partial charge in [0.05, 0.1) is 0 Å². The van der Waals surface area contributed by atoms with Crippen LogP contribution in [0.15, 0.2) is 46.1 Å². The lowest BCUT2D eigenvalue weighted by molar-refractivity contribution is 0.159. The second-order valence-corrected chi connectivity index (χ2v) is 6.02. The van der Waals surface area contributed by atoms with Crippen LogP contribution in [-0.4, -0.2) is 11.2 Å². The Hall–Kier alpha value is -1.06. The molecular weight excluding hydrogens is 304 g/mol. The molecule has 1 aromatic rings. The minimum absolute atomic E-state index is 0.382. The topological polar surface area (TPSA) is 29.5 Å². The van der Waals surface area contributed by atoms with Crippen LogP contribution in [0.25, 0.3) is 5.76 Å². The van der Waals surface area contributed by atoms with E-state index in [4.69, 9.17) is 4.74 Å². The molecule has 1 heterocycles. The van der Waals surface area contributed by atoms with E-state index in [-0.39, 0.29) is 0 Å². The van der Waals surface area contributed by atoms with Crippen LogP contribution in [0.2, 0.25) is 0 Å². The molecule has 1 unspecified atom stereocenters. The number of ether oxygens (including phenoxy) is 1. The Bertz CT molecular complexity index is 510. The van der Waals surface area contributed by atoms with Gasteiger partial charge in [0.2, 0.25) is 0 Å². The predicted molar refractivity (Wildman–Crippen MR) is 81.4 cm³/mol. The molecule has 102 valence electrons. The number of hydrogen-bond donors (Lipinski definition) is 1. The van der Waals surface area contributed by atoms with E-state index in [2.05, 4.69) is 35.9 Å². The number of halogens is 1. The van der Waals surface area contributed by atoms with E-state index in [1.165, 1.54) is 5.57 Å². The van der Waals surface area contributed by atoms with E-state index in [1.54, 1.807) is 6.92 Å². The highest BCUT2D eigenvalue weighted by atomic mass is 79.9. The van der Waals surface area contributed by atoms with Gasteiger partial charge in [-0.25, -0.2) is 0 Å². The zero-order valence-electron chi connectivity index (χ0n) is 11.5. The summed E-state index contributed by atoms with van der Waals surface area (Å²) in [6.45, 7) is 6.00. The molecule has 1 atom stereocenters. The van der Waals surface area contributed by atoms with Gasteiger partial charge in [0.1, 0.15) is 17.6 Å². The molecule has 0 aliphatic carbocycles. The van der Waals surface area contributed by atoms with Crippen molar-refractivity contribution in [1.29, 1.82) is 0 Å². The third kappa shape index (κ3) is 3.28. The third-order valence-electron chi connectivity index (χ3n) is 3.25. The fourth-order valence-corrected chi connectivity index (χ4v) is 2.46. The normalized spacial score (nSPS) is 17.3. The van der Waals surface area contributed by atoms with Gasteiger partial charge in [0.15, 0.2) is 0 Å². The van der Waals surface area contributed by atoms with Crippen LogP contribution < -0.4 is 0 Å². The average molecular weight is 323 g/mol. The maximum absolute atomic E-state index is 9.89. The van der Waals surface area contributed by atoms with Crippen molar-refractivity contribution in [2.45, 2.75) is 33.3 Å². The van der Waals surface area contributed by atoms with Crippen LogP contribution in [0.3, 0.4) is 0 Å². The van der Waals surface area contributed by atoms with E-state index < -0.39 is 6.10 Å². The lowest BCUT2D eigenvalue weighted by Crippen LogP contribution is -2.16. The molecule has 1 N–H and O–H groups in total. The van der Waals surface area contributed by atoms with Crippen molar-refractivity contribution in [2.24, 2.45) is 5.92 Å². The minimum Gasteiger partial charge on any atom is -0.459 e. The lowest BCUT2D eigenvalue weighted by atomic mass is 9.94. The van der Waals surface area contributed by atoms with Gasteiger partial charge in [-0.2, -0.15) is 0 Å². The van der Waals surface area contributed by atoms with Gasteiger partial charge in [-0.3, -0.25) is 0 Å². The summed E-state index contributed by atoms with van der Waals surface area (Å²) in [5, 5.41) is 9.89. The van der Waals surface area contributed by atoms with Crippen molar-refractivity contribution < 1.29 is 9.84 Å². The van der Waals surface area contributed by atoms with Gasteiger partial charge in [-0.05, 0) is 43.0 Å². The second-order valence-electron chi connectivity index (χ2n) is 5.10. The van der Waals surface area contributed by atoms with Crippen molar-refractivity contribution in [3.05, 3.63) is 51.7 Å². The monoisotopic (exact) mass is 322 g/mol. The van der Waals surface area contributed by atoms with Gasteiger partial charge < -0.3 is 9.84 Å². The molecular formula is C16H19BrO2. The van der Waals surface area contributed by atoms with Crippen LogP contribution in [-0.2, 0) is 4.74 Å². The number of aliphatic hydroxyl groups is 1. The summed E-state index contributed by atoms with van der Waals surface area (Å²) < 4.78 is 6.97. The number of allylic oxidation sites excluding steroid dienone is 2. The largest absolute Gasteiger partial charge is 0.459 e. The molecule has 0 saturated carbocycles. The van der Waals surface area contributed by atoms with Crippen LogP contribution in [0.4, 0.5) is 0 Å². The molecule has 0 aromatic heterocycles. The molecule has 1 aliphatic heterocycles. The van der Waals surface area contributed by atoms with Gasteiger partial charge in [0, 0.05) is 10.0 Å². The Balaban J connectivity index is 2.27. The van der Waals surface area contributed by atoms with Crippen molar-refractivity contribution in [3.63, 3.8) is 0 Å². The van der Waals surface area contributed by atoms with Crippen LogP contribution in [0.5, 0.6) is 0 Å². The zero-order chi connectivity index (χ0) is 14.0. The van der Waals surface area contributed by atoms with Crippen molar-refractivity contribution in [1.82, 2.24) is 0 Å². The molecule has 1 aliphatic rings.